The Morgan fingerprint density at radius 1 is 1.24 bits per heavy atom. The van der Waals surface area contributed by atoms with Crippen LogP contribution in [0, 0.1) is 19.8 Å². The summed E-state index contributed by atoms with van der Waals surface area (Å²) in [6.45, 7) is 4.20. The second-order valence-corrected chi connectivity index (χ2v) is 10.2. The van der Waals surface area contributed by atoms with Crippen molar-refractivity contribution < 1.29 is 14.1 Å². The maximum atomic E-state index is 13.0. The molecule has 3 N–H and O–H groups in total. The molecule has 1 saturated carbocycles. The topological polar surface area (TPSA) is 109 Å². The van der Waals surface area contributed by atoms with E-state index in [2.05, 4.69) is 26.1 Å². The number of pyridine rings is 1. The number of anilines is 2. The first-order chi connectivity index (χ1) is 16.4. The van der Waals surface area contributed by atoms with Crippen molar-refractivity contribution in [2.45, 2.75) is 58.5 Å². The average Bonchev–Trinajstić information content (AvgIpc) is 3.56. The number of aryl methyl sites for hydroxylation is 2. The zero-order valence-corrected chi connectivity index (χ0v) is 20.8. The maximum absolute atomic E-state index is 13.0. The number of nitrogens with one attached hydrogen (secondary N) is 3. The van der Waals surface area contributed by atoms with E-state index in [1.807, 2.05) is 19.1 Å². The minimum atomic E-state index is -0.642. The van der Waals surface area contributed by atoms with Crippen LogP contribution in [0.3, 0.4) is 0 Å². The van der Waals surface area contributed by atoms with Gasteiger partial charge in [-0.3, -0.25) is 14.6 Å². The van der Waals surface area contributed by atoms with Crippen LogP contribution in [0.1, 0.15) is 58.1 Å². The Morgan fingerprint density at radius 2 is 2.03 bits per heavy atom. The van der Waals surface area contributed by atoms with E-state index in [9.17, 15) is 9.59 Å². The maximum Gasteiger partial charge on any atom is 0.262 e. The number of amides is 2. The molecule has 0 radical (unpaired) electrons. The first kappa shape index (κ1) is 24.2. The van der Waals surface area contributed by atoms with Crippen LogP contribution in [0.5, 0.6) is 0 Å². The van der Waals surface area contributed by atoms with Gasteiger partial charge in [0.2, 0.25) is 5.91 Å². The highest BCUT2D eigenvalue weighted by atomic mass is 35.5. The van der Waals surface area contributed by atoms with Crippen LogP contribution in [0.4, 0.5) is 11.5 Å². The van der Waals surface area contributed by atoms with E-state index in [0.717, 1.165) is 29.1 Å². The van der Waals surface area contributed by atoms with Crippen molar-refractivity contribution in [2.75, 3.05) is 10.6 Å². The molecule has 0 aliphatic heterocycles. The highest BCUT2D eigenvalue weighted by Crippen LogP contribution is 2.29. The lowest BCUT2D eigenvalue weighted by Crippen LogP contribution is -2.44. The Balaban J connectivity index is 1.39. The lowest BCUT2D eigenvalue weighted by atomic mass is 9.97. The van der Waals surface area contributed by atoms with Gasteiger partial charge >= 0.3 is 0 Å². The minimum Gasteiger partial charge on any atom is -0.379 e. The quantitative estimate of drug-likeness (QED) is 0.365. The summed E-state index contributed by atoms with van der Waals surface area (Å²) in [6, 6.07) is 6.53. The van der Waals surface area contributed by atoms with E-state index in [4.69, 9.17) is 16.1 Å². The predicted octanol–water partition coefficient (Wildman–Crippen LogP) is 5.33. The Bertz CT molecular complexity index is 1160. The molecule has 1 unspecified atom stereocenters. The number of carbonyl (C=O) groups excluding carboxylic acids is 2. The molecule has 2 amide bonds. The molecule has 1 atom stereocenters. The summed E-state index contributed by atoms with van der Waals surface area (Å²) >= 11 is 7.42. The monoisotopic (exact) mass is 501 g/mol. The van der Waals surface area contributed by atoms with Gasteiger partial charge in [0.15, 0.2) is 5.82 Å². The molecule has 8 nitrogen and oxygen atoms in total. The van der Waals surface area contributed by atoms with E-state index in [0.29, 0.717) is 40.4 Å². The highest BCUT2D eigenvalue weighted by molar-refractivity contribution is 7.14. The Labute approximate surface area is 207 Å². The molecule has 1 fully saturated rings. The van der Waals surface area contributed by atoms with Crippen molar-refractivity contribution >= 4 is 46.3 Å². The standard InChI is InChI=1S/C24H28ClN5O3S/c1-14-9-22(30-33-14)29-23(31)20(10-16-5-3-4-6-16)28-24(32)21-8-7-18(34-21)13-27-19-11-17(25)12-26-15(19)2/h7-9,11-12,16,20,27H,3-6,10,13H2,1-2H3,(H,28,32)(H,29,30,31). The molecule has 0 bridgehead atoms. The second kappa shape index (κ2) is 11.0. The van der Waals surface area contributed by atoms with E-state index >= 15 is 0 Å². The molecule has 0 aromatic carbocycles. The zero-order chi connectivity index (χ0) is 24.1. The van der Waals surface area contributed by atoms with Crippen LogP contribution in [0.25, 0.3) is 0 Å². The Hall–Kier alpha value is -2.91. The normalized spacial score (nSPS) is 14.7. The lowest BCUT2D eigenvalue weighted by Gasteiger charge is -2.20. The third-order valence-corrected chi connectivity index (χ3v) is 7.23. The average molecular weight is 502 g/mol. The predicted molar refractivity (Wildman–Crippen MR) is 133 cm³/mol. The molecule has 3 aromatic rings. The summed E-state index contributed by atoms with van der Waals surface area (Å²) in [5, 5.41) is 13.4. The third kappa shape index (κ3) is 6.36. The Kier molecular flexibility index (Phi) is 7.84. The molecule has 1 aliphatic rings. The molecule has 1 aliphatic carbocycles. The van der Waals surface area contributed by atoms with Crippen molar-refractivity contribution in [1.29, 1.82) is 0 Å². The summed E-state index contributed by atoms with van der Waals surface area (Å²) in [5.74, 6) is 0.841. The van der Waals surface area contributed by atoms with Crippen molar-refractivity contribution in [2.24, 2.45) is 5.92 Å². The van der Waals surface area contributed by atoms with Crippen molar-refractivity contribution in [3.05, 3.63) is 56.7 Å². The number of carbonyl (C=O) groups is 2. The van der Waals surface area contributed by atoms with E-state index in [-0.39, 0.29) is 11.8 Å². The van der Waals surface area contributed by atoms with Crippen LogP contribution in [-0.4, -0.2) is 28.0 Å². The fourth-order valence-corrected chi connectivity index (χ4v) is 5.15. The van der Waals surface area contributed by atoms with Crippen molar-refractivity contribution in [3.63, 3.8) is 0 Å². The van der Waals surface area contributed by atoms with Gasteiger partial charge in [-0.25, -0.2) is 0 Å². The van der Waals surface area contributed by atoms with E-state index in [1.54, 1.807) is 25.3 Å². The fraction of sp³-hybridized carbons (Fsp3) is 0.417. The van der Waals surface area contributed by atoms with Crippen LogP contribution in [0.15, 0.2) is 35.0 Å². The van der Waals surface area contributed by atoms with Crippen LogP contribution >= 0.6 is 22.9 Å². The van der Waals surface area contributed by atoms with Gasteiger partial charge in [-0.2, -0.15) is 0 Å². The number of aromatic nitrogens is 2. The smallest absolute Gasteiger partial charge is 0.262 e. The number of rotatable bonds is 9. The summed E-state index contributed by atoms with van der Waals surface area (Å²) in [5.41, 5.74) is 1.70. The molecule has 0 spiro atoms. The molecule has 3 heterocycles. The molecular formula is C24H28ClN5O3S. The molecule has 34 heavy (non-hydrogen) atoms. The van der Waals surface area contributed by atoms with Gasteiger partial charge in [-0.15, -0.1) is 11.3 Å². The van der Waals surface area contributed by atoms with Crippen molar-refractivity contribution in [3.8, 4) is 0 Å². The van der Waals surface area contributed by atoms with Crippen LogP contribution in [0.2, 0.25) is 5.02 Å². The molecule has 3 aromatic heterocycles. The first-order valence-electron chi connectivity index (χ1n) is 11.4. The highest BCUT2D eigenvalue weighted by Gasteiger charge is 2.28. The zero-order valence-electron chi connectivity index (χ0n) is 19.2. The van der Waals surface area contributed by atoms with Gasteiger partial charge in [-0.05, 0) is 44.4 Å². The number of nitrogens with zero attached hydrogens (tertiary/aromatic N) is 2. The van der Waals surface area contributed by atoms with Crippen LogP contribution in [-0.2, 0) is 11.3 Å². The molecule has 180 valence electrons. The molecular weight excluding hydrogens is 474 g/mol. The molecule has 4 rings (SSSR count). The van der Waals surface area contributed by atoms with E-state index < -0.39 is 6.04 Å². The largest absolute Gasteiger partial charge is 0.379 e. The minimum absolute atomic E-state index is 0.258. The first-order valence-corrected chi connectivity index (χ1v) is 12.6. The van der Waals surface area contributed by atoms with Gasteiger partial charge < -0.3 is 20.5 Å². The summed E-state index contributed by atoms with van der Waals surface area (Å²) in [6.07, 6.45) is 6.70. The number of halogens is 1. The van der Waals surface area contributed by atoms with Gasteiger partial charge in [0.05, 0.1) is 21.3 Å². The van der Waals surface area contributed by atoms with Gasteiger partial charge in [0.25, 0.3) is 5.91 Å². The SMILES string of the molecule is Cc1cc(NC(=O)C(CC2CCCC2)NC(=O)c2ccc(CNc3cc(Cl)cnc3C)s2)no1. The fourth-order valence-electron chi connectivity index (χ4n) is 4.14. The van der Waals surface area contributed by atoms with E-state index in [1.165, 1.54) is 24.2 Å². The Morgan fingerprint density at radius 3 is 2.76 bits per heavy atom. The summed E-state index contributed by atoms with van der Waals surface area (Å²) < 4.78 is 5.03. The van der Waals surface area contributed by atoms with Gasteiger partial charge in [-0.1, -0.05) is 42.4 Å². The molecule has 0 saturated heterocycles. The summed E-state index contributed by atoms with van der Waals surface area (Å²) in [4.78, 5) is 31.8. The number of hydrogen-bond acceptors (Lipinski definition) is 7. The third-order valence-electron chi connectivity index (χ3n) is 5.94. The summed E-state index contributed by atoms with van der Waals surface area (Å²) in [7, 11) is 0. The van der Waals surface area contributed by atoms with Gasteiger partial charge in [0, 0.05) is 23.7 Å². The van der Waals surface area contributed by atoms with Gasteiger partial charge in [0.1, 0.15) is 11.8 Å². The van der Waals surface area contributed by atoms with Crippen LogP contribution < -0.4 is 16.0 Å². The number of thiophene rings is 1. The molecule has 10 heteroatoms. The van der Waals surface area contributed by atoms with Crippen molar-refractivity contribution in [1.82, 2.24) is 15.5 Å². The lowest BCUT2D eigenvalue weighted by molar-refractivity contribution is -0.118. The second-order valence-electron chi connectivity index (χ2n) is 8.63. The number of hydrogen-bond donors (Lipinski definition) is 3.